The van der Waals surface area contributed by atoms with Crippen molar-refractivity contribution in [2.24, 2.45) is 11.8 Å². The lowest BCUT2D eigenvalue weighted by atomic mass is 9.79. The van der Waals surface area contributed by atoms with Crippen LogP contribution in [0.2, 0.25) is 0 Å². The van der Waals surface area contributed by atoms with Crippen LogP contribution in [0.3, 0.4) is 0 Å². The van der Waals surface area contributed by atoms with Crippen LogP contribution in [0.15, 0.2) is 11.6 Å². The molecule has 0 aromatic carbocycles. The molecule has 98 valence electrons. The van der Waals surface area contributed by atoms with E-state index in [1.54, 1.807) is 5.57 Å². The maximum absolute atomic E-state index is 11.1. The third kappa shape index (κ3) is 4.53. The van der Waals surface area contributed by atoms with E-state index in [1.807, 2.05) is 0 Å². The smallest absolute Gasteiger partial charge is 0.302 e. The fourth-order valence-corrected chi connectivity index (χ4v) is 2.89. The van der Waals surface area contributed by atoms with Crippen molar-refractivity contribution in [2.75, 3.05) is 0 Å². The van der Waals surface area contributed by atoms with Gasteiger partial charge in [-0.25, -0.2) is 0 Å². The molecule has 0 fully saturated rings. The number of hydrogen-bond acceptors (Lipinski definition) is 2. The highest BCUT2D eigenvalue weighted by atomic mass is 16.5. The number of ether oxygens (including phenoxy) is 1. The molecular weight excluding hydrogens is 212 g/mol. The first-order chi connectivity index (χ1) is 8.06. The number of allylic oxidation sites excluding steroid dienone is 1. The van der Waals surface area contributed by atoms with E-state index in [1.165, 1.54) is 26.2 Å². The van der Waals surface area contributed by atoms with Crippen molar-refractivity contribution < 1.29 is 9.53 Å². The molecular formula is C15H26O2. The van der Waals surface area contributed by atoms with Gasteiger partial charge in [0.1, 0.15) is 6.10 Å². The highest BCUT2D eigenvalue weighted by Crippen LogP contribution is 2.33. The number of rotatable bonds is 5. The summed E-state index contributed by atoms with van der Waals surface area (Å²) >= 11 is 0. The van der Waals surface area contributed by atoms with Crippen molar-refractivity contribution in [1.82, 2.24) is 0 Å². The van der Waals surface area contributed by atoms with Crippen LogP contribution in [-0.2, 0) is 9.53 Å². The average Bonchev–Trinajstić information content (AvgIpc) is 2.25. The Balaban J connectivity index is 2.72. The van der Waals surface area contributed by atoms with Gasteiger partial charge in [0.25, 0.3) is 0 Å². The molecule has 1 rings (SSSR count). The Morgan fingerprint density at radius 1 is 1.53 bits per heavy atom. The van der Waals surface area contributed by atoms with Crippen LogP contribution in [0.4, 0.5) is 0 Å². The summed E-state index contributed by atoms with van der Waals surface area (Å²) < 4.78 is 5.43. The zero-order chi connectivity index (χ0) is 12.8. The average molecular weight is 238 g/mol. The minimum Gasteiger partial charge on any atom is -0.462 e. The van der Waals surface area contributed by atoms with Crippen LogP contribution >= 0.6 is 0 Å². The van der Waals surface area contributed by atoms with Crippen molar-refractivity contribution in [1.29, 1.82) is 0 Å². The van der Waals surface area contributed by atoms with Crippen LogP contribution in [0.5, 0.6) is 0 Å². The molecule has 0 aromatic heterocycles. The predicted octanol–water partition coefficient (Wildman–Crippen LogP) is 4.10. The van der Waals surface area contributed by atoms with E-state index < -0.39 is 0 Å². The van der Waals surface area contributed by atoms with E-state index in [-0.39, 0.29) is 12.1 Å². The van der Waals surface area contributed by atoms with Crippen molar-refractivity contribution in [3.8, 4) is 0 Å². The van der Waals surface area contributed by atoms with E-state index in [4.69, 9.17) is 4.74 Å². The van der Waals surface area contributed by atoms with Crippen LogP contribution in [0.25, 0.3) is 0 Å². The summed E-state index contributed by atoms with van der Waals surface area (Å²) in [4.78, 5) is 11.1. The first-order valence-electron chi connectivity index (χ1n) is 6.93. The normalized spacial score (nSPS) is 26.2. The van der Waals surface area contributed by atoms with Gasteiger partial charge in [-0.15, -0.1) is 0 Å². The third-order valence-corrected chi connectivity index (χ3v) is 3.50. The molecule has 0 N–H and O–H groups in total. The maximum Gasteiger partial charge on any atom is 0.302 e. The molecule has 2 nitrogen and oxygen atoms in total. The number of hydrogen-bond donors (Lipinski definition) is 0. The minimum atomic E-state index is -0.152. The molecule has 0 saturated carbocycles. The molecule has 0 aliphatic heterocycles. The molecule has 0 amide bonds. The van der Waals surface area contributed by atoms with Gasteiger partial charge in [0.15, 0.2) is 0 Å². The second kappa shape index (κ2) is 6.83. The van der Waals surface area contributed by atoms with Crippen molar-refractivity contribution >= 4 is 5.97 Å². The summed E-state index contributed by atoms with van der Waals surface area (Å²) in [5.41, 5.74) is 1.56. The molecule has 0 bridgehead atoms. The lowest BCUT2D eigenvalue weighted by Gasteiger charge is -2.31. The van der Waals surface area contributed by atoms with Gasteiger partial charge < -0.3 is 4.74 Å². The fraction of sp³-hybridized carbons (Fsp3) is 0.800. The molecule has 0 heterocycles. The van der Waals surface area contributed by atoms with Crippen LogP contribution in [0, 0.1) is 11.8 Å². The summed E-state index contributed by atoms with van der Waals surface area (Å²) in [6, 6.07) is 0. The third-order valence-electron chi connectivity index (χ3n) is 3.50. The van der Waals surface area contributed by atoms with Gasteiger partial charge in [-0.1, -0.05) is 38.8 Å². The Hall–Kier alpha value is -0.790. The van der Waals surface area contributed by atoms with Crippen molar-refractivity contribution in [3.63, 3.8) is 0 Å². The van der Waals surface area contributed by atoms with Crippen LogP contribution < -0.4 is 0 Å². The molecule has 2 heteroatoms. The number of carbonyl (C=O) groups excluding carboxylic acids is 1. The summed E-state index contributed by atoms with van der Waals surface area (Å²) in [5.74, 6) is 0.992. The topological polar surface area (TPSA) is 26.3 Å². The highest BCUT2D eigenvalue weighted by molar-refractivity contribution is 5.66. The van der Waals surface area contributed by atoms with Crippen LogP contribution in [-0.4, -0.2) is 12.1 Å². The van der Waals surface area contributed by atoms with Crippen molar-refractivity contribution in [2.45, 2.75) is 65.9 Å². The maximum atomic E-state index is 11.1. The zero-order valence-corrected chi connectivity index (χ0v) is 11.7. The molecule has 0 aromatic rings. The van der Waals surface area contributed by atoms with Crippen LogP contribution in [0.1, 0.15) is 59.8 Å². The second-order valence-corrected chi connectivity index (χ2v) is 5.34. The largest absolute Gasteiger partial charge is 0.462 e. The summed E-state index contributed by atoms with van der Waals surface area (Å²) in [6.45, 7) is 8.13. The SMILES string of the molecule is CCCC1=CC(C(CC)OC(C)=O)CC(C)C1. The first kappa shape index (κ1) is 14.3. The van der Waals surface area contributed by atoms with Crippen molar-refractivity contribution in [3.05, 3.63) is 11.6 Å². The molecule has 17 heavy (non-hydrogen) atoms. The minimum absolute atomic E-state index is 0.0714. The standard InChI is InChI=1S/C15H26O2/c1-5-7-13-8-11(3)9-14(10-13)15(6-2)17-12(4)16/h10-11,14-15H,5-9H2,1-4H3. The van der Waals surface area contributed by atoms with Gasteiger partial charge in [0.2, 0.25) is 0 Å². The summed E-state index contributed by atoms with van der Waals surface area (Å²) in [6.07, 6.45) is 8.13. The van der Waals surface area contributed by atoms with Gasteiger partial charge in [0, 0.05) is 12.8 Å². The lowest BCUT2D eigenvalue weighted by molar-refractivity contribution is -0.148. The quantitative estimate of drug-likeness (QED) is 0.532. The predicted molar refractivity (Wildman–Crippen MR) is 70.7 cm³/mol. The zero-order valence-electron chi connectivity index (χ0n) is 11.7. The summed E-state index contributed by atoms with van der Waals surface area (Å²) in [5, 5.41) is 0. The fourth-order valence-electron chi connectivity index (χ4n) is 2.89. The molecule has 1 aliphatic carbocycles. The Morgan fingerprint density at radius 2 is 2.24 bits per heavy atom. The molecule has 0 radical (unpaired) electrons. The molecule has 3 unspecified atom stereocenters. The van der Waals surface area contributed by atoms with E-state index in [0.717, 1.165) is 18.8 Å². The summed E-state index contributed by atoms with van der Waals surface area (Å²) in [7, 11) is 0. The second-order valence-electron chi connectivity index (χ2n) is 5.34. The van der Waals surface area contributed by atoms with E-state index in [2.05, 4.69) is 26.8 Å². The van der Waals surface area contributed by atoms with Gasteiger partial charge in [-0.05, 0) is 31.6 Å². The van der Waals surface area contributed by atoms with E-state index in [0.29, 0.717) is 5.92 Å². The Morgan fingerprint density at radius 3 is 2.76 bits per heavy atom. The van der Waals surface area contributed by atoms with Gasteiger partial charge in [0.05, 0.1) is 0 Å². The van der Waals surface area contributed by atoms with Gasteiger partial charge in [-0.3, -0.25) is 4.79 Å². The van der Waals surface area contributed by atoms with Gasteiger partial charge in [-0.2, -0.15) is 0 Å². The molecule has 1 aliphatic rings. The molecule has 0 saturated heterocycles. The lowest BCUT2D eigenvalue weighted by Crippen LogP contribution is -2.28. The Kier molecular flexibility index (Phi) is 5.73. The Bertz CT molecular complexity index is 281. The highest BCUT2D eigenvalue weighted by Gasteiger charge is 2.26. The molecule has 0 spiro atoms. The Labute approximate surface area is 105 Å². The number of carbonyl (C=O) groups is 1. The number of esters is 1. The van der Waals surface area contributed by atoms with Gasteiger partial charge >= 0.3 is 5.97 Å². The molecule has 3 atom stereocenters. The van der Waals surface area contributed by atoms with E-state index in [9.17, 15) is 4.79 Å². The van der Waals surface area contributed by atoms with E-state index >= 15 is 0 Å². The monoisotopic (exact) mass is 238 g/mol. The first-order valence-corrected chi connectivity index (χ1v) is 6.93.